The number of carbonyl (C=O) groups is 4. The molecule has 4 rings (SSSR count). The number of urea groups is 1. The highest BCUT2D eigenvalue weighted by Gasteiger charge is 2.28. The molecule has 0 saturated carbocycles. The van der Waals surface area contributed by atoms with E-state index in [2.05, 4.69) is 42.2 Å². The molecule has 0 aliphatic carbocycles. The number of carbonyl (C=O) groups excluding carboxylic acids is 4. The molecule has 59 heavy (non-hydrogen) atoms. The molecule has 0 fully saturated rings. The van der Waals surface area contributed by atoms with Crippen molar-refractivity contribution in [3.05, 3.63) is 116 Å². The van der Waals surface area contributed by atoms with Crippen molar-refractivity contribution in [2.24, 2.45) is 10.7 Å². The Labute approximate surface area is 342 Å². The lowest BCUT2D eigenvalue weighted by molar-refractivity contribution is -0.129. The minimum atomic E-state index is -0.948. The van der Waals surface area contributed by atoms with Crippen LogP contribution >= 0.6 is 0 Å². The summed E-state index contributed by atoms with van der Waals surface area (Å²) in [6.45, 7) is 5.61. The predicted octanol–water partition coefficient (Wildman–Crippen LogP) is 2.15. The van der Waals surface area contributed by atoms with E-state index in [0.717, 1.165) is 16.8 Å². The fourth-order valence-corrected chi connectivity index (χ4v) is 5.94. The van der Waals surface area contributed by atoms with Crippen LogP contribution in [0, 0.1) is 0 Å². The van der Waals surface area contributed by atoms with Crippen molar-refractivity contribution in [2.75, 3.05) is 50.0 Å². The zero-order chi connectivity index (χ0) is 42.6. The third-order valence-electron chi connectivity index (χ3n) is 9.06. The zero-order valence-corrected chi connectivity index (χ0v) is 33.3. The van der Waals surface area contributed by atoms with Gasteiger partial charge in [0.05, 0.1) is 12.5 Å². The lowest BCUT2D eigenvalue weighted by Crippen LogP contribution is -2.48. The Balaban J connectivity index is 1.38. The van der Waals surface area contributed by atoms with Crippen molar-refractivity contribution in [1.29, 1.82) is 0 Å². The van der Waals surface area contributed by atoms with E-state index >= 15 is 0 Å². The van der Waals surface area contributed by atoms with E-state index in [4.69, 9.17) is 10.5 Å². The minimum Gasteiger partial charge on any atom is -0.508 e. The summed E-state index contributed by atoms with van der Waals surface area (Å²) in [5, 5.41) is 29.8. The van der Waals surface area contributed by atoms with Gasteiger partial charge in [0.15, 0.2) is 11.7 Å². The van der Waals surface area contributed by atoms with Crippen LogP contribution in [-0.2, 0) is 20.9 Å². The van der Waals surface area contributed by atoms with Crippen molar-refractivity contribution in [1.82, 2.24) is 26.6 Å². The van der Waals surface area contributed by atoms with Gasteiger partial charge in [-0.15, -0.1) is 0 Å². The van der Waals surface area contributed by atoms with Crippen LogP contribution in [0.3, 0.4) is 0 Å². The van der Waals surface area contributed by atoms with Crippen LogP contribution in [0.1, 0.15) is 62.1 Å². The SMILES string of the molecule is CCOc1c(NCCCNc2ccc(C(C(=O)N[C@H](CCCN/C(N)=N\C(=O)NCCNC(=O)CC)C(=O)NCc3ccc(O)cc3)c3ccccc3)cc2)c(=O)c1=O. The van der Waals surface area contributed by atoms with Gasteiger partial charge in [0, 0.05) is 51.4 Å². The first-order chi connectivity index (χ1) is 28.5. The number of ether oxygens (including phenoxy) is 1. The van der Waals surface area contributed by atoms with Gasteiger partial charge in [0.1, 0.15) is 17.5 Å². The number of phenols is 1. The van der Waals surface area contributed by atoms with Crippen LogP contribution in [0.4, 0.5) is 16.2 Å². The highest BCUT2D eigenvalue weighted by atomic mass is 16.5. The van der Waals surface area contributed by atoms with Gasteiger partial charge in [-0.05, 0) is 67.1 Å². The average molecular weight is 812 g/mol. The predicted molar refractivity (Wildman–Crippen MR) is 226 cm³/mol. The second kappa shape index (κ2) is 23.4. The summed E-state index contributed by atoms with van der Waals surface area (Å²) < 4.78 is 5.25. The molecule has 17 heteroatoms. The number of hydrogen-bond donors (Lipinski definition) is 9. The van der Waals surface area contributed by atoms with E-state index in [-0.39, 0.29) is 61.7 Å². The van der Waals surface area contributed by atoms with Crippen LogP contribution < -0.4 is 58.5 Å². The normalized spacial score (nSPS) is 12.1. The Morgan fingerprint density at radius 3 is 2.10 bits per heavy atom. The van der Waals surface area contributed by atoms with E-state index in [9.17, 15) is 33.9 Å². The van der Waals surface area contributed by atoms with Crippen LogP contribution in [-0.4, -0.2) is 80.2 Å². The first kappa shape index (κ1) is 44.8. The highest BCUT2D eigenvalue weighted by Crippen LogP contribution is 2.27. The summed E-state index contributed by atoms with van der Waals surface area (Å²) in [6, 6.07) is 21.4. The maximum absolute atomic E-state index is 14.2. The van der Waals surface area contributed by atoms with Gasteiger partial charge in [-0.1, -0.05) is 61.5 Å². The first-order valence-corrected chi connectivity index (χ1v) is 19.6. The second-order valence-corrected chi connectivity index (χ2v) is 13.4. The van der Waals surface area contributed by atoms with Gasteiger partial charge in [-0.25, -0.2) is 4.79 Å². The Hall–Kier alpha value is -6.91. The molecule has 0 aliphatic rings. The summed E-state index contributed by atoms with van der Waals surface area (Å²) in [4.78, 5) is 78.6. The van der Waals surface area contributed by atoms with Gasteiger partial charge >= 0.3 is 6.03 Å². The molecular formula is C42H53N9O8. The Bertz CT molecular complexity index is 2080. The number of nitrogens with zero attached hydrogens (tertiary/aromatic N) is 1. The van der Waals surface area contributed by atoms with Crippen LogP contribution in [0.5, 0.6) is 11.5 Å². The molecule has 0 spiro atoms. The van der Waals surface area contributed by atoms with Crippen molar-refractivity contribution in [3.63, 3.8) is 0 Å². The molecule has 0 heterocycles. The molecule has 1 unspecified atom stereocenters. The summed E-state index contributed by atoms with van der Waals surface area (Å²) >= 11 is 0. The Morgan fingerprint density at radius 2 is 1.41 bits per heavy atom. The van der Waals surface area contributed by atoms with E-state index in [1.54, 1.807) is 26.0 Å². The highest BCUT2D eigenvalue weighted by molar-refractivity contribution is 5.93. The van der Waals surface area contributed by atoms with E-state index in [1.807, 2.05) is 54.6 Å². The van der Waals surface area contributed by atoms with E-state index in [0.29, 0.717) is 44.5 Å². The summed E-state index contributed by atoms with van der Waals surface area (Å²) in [6.07, 6.45) is 1.56. The van der Waals surface area contributed by atoms with Gasteiger partial charge in [-0.3, -0.25) is 24.0 Å². The number of anilines is 2. The van der Waals surface area contributed by atoms with Crippen molar-refractivity contribution >= 4 is 41.1 Å². The number of guanidine groups is 1. The molecule has 0 bridgehead atoms. The molecule has 17 nitrogen and oxygen atoms in total. The van der Waals surface area contributed by atoms with Gasteiger partial charge in [0.2, 0.25) is 17.7 Å². The minimum absolute atomic E-state index is 0.0816. The molecule has 314 valence electrons. The fourth-order valence-electron chi connectivity index (χ4n) is 5.94. The number of phenolic OH excluding ortho intramolecular Hbond substituents is 1. The number of rotatable bonds is 23. The standard InChI is InChI=1S/C42H53N9O8/c1-3-33(53)45-24-25-48-42(58)51-41(43)47-21-8-12-32(39(56)49-26-27-13-19-31(52)20-14-27)50-40(57)34(28-10-6-5-7-11-28)29-15-17-30(18-16-29)44-22-9-23-46-35-36(54)37(55)38(35)59-4-2/h5-7,10-11,13-20,32,34,44,46,52H,3-4,8-9,12,21-26H2,1-2H3,(H,45,53)(H,49,56)(H,50,57)(H4,43,47,48,51,58)/t32-,34?/m1/s1. The van der Waals surface area contributed by atoms with E-state index < -0.39 is 40.7 Å². The second-order valence-electron chi connectivity index (χ2n) is 13.4. The molecule has 4 aromatic carbocycles. The molecule has 10 N–H and O–H groups in total. The third-order valence-corrected chi connectivity index (χ3v) is 9.06. The molecule has 2 atom stereocenters. The maximum atomic E-state index is 14.2. The summed E-state index contributed by atoms with van der Waals surface area (Å²) in [5.41, 5.74) is 7.90. The molecular weight excluding hydrogens is 759 g/mol. The molecule has 0 saturated heterocycles. The molecule has 0 aromatic heterocycles. The fraction of sp³-hybridized carbons (Fsp3) is 0.357. The maximum Gasteiger partial charge on any atom is 0.344 e. The third kappa shape index (κ3) is 14.2. The van der Waals surface area contributed by atoms with Gasteiger partial charge in [0.25, 0.3) is 10.9 Å². The van der Waals surface area contributed by atoms with Crippen molar-refractivity contribution in [3.8, 4) is 11.5 Å². The van der Waals surface area contributed by atoms with Crippen molar-refractivity contribution < 1.29 is 29.0 Å². The van der Waals surface area contributed by atoms with E-state index in [1.165, 1.54) is 12.1 Å². The molecule has 0 aliphatic heterocycles. The average Bonchev–Trinajstić information content (AvgIpc) is 3.24. The Kier molecular flexibility index (Phi) is 17.7. The monoisotopic (exact) mass is 811 g/mol. The Morgan fingerprint density at radius 1 is 0.729 bits per heavy atom. The molecule has 0 radical (unpaired) electrons. The number of aromatic hydroxyl groups is 1. The summed E-state index contributed by atoms with van der Waals surface area (Å²) in [7, 11) is 0. The lowest BCUT2D eigenvalue weighted by atomic mass is 9.90. The number of nitrogens with one attached hydrogen (secondary N) is 7. The summed E-state index contributed by atoms with van der Waals surface area (Å²) in [5.74, 6) is -1.65. The van der Waals surface area contributed by atoms with Crippen LogP contribution in [0.2, 0.25) is 0 Å². The number of amides is 5. The number of benzene rings is 3. The van der Waals surface area contributed by atoms with Gasteiger partial charge < -0.3 is 52.8 Å². The van der Waals surface area contributed by atoms with Crippen LogP contribution in [0.25, 0.3) is 0 Å². The van der Waals surface area contributed by atoms with Crippen LogP contribution in [0.15, 0.2) is 93.4 Å². The number of aliphatic imine (C=N–C) groups is 1. The lowest BCUT2D eigenvalue weighted by Gasteiger charge is -2.23. The number of hydrogen-bond acceptors (Lipinski definition) is 10. The topological polar surface area (TPSA) is 254 Å². The molecule has 4 aromatic rings. The van der Waals surface area contributed by atoms with Gasteiger partial charge in [-0.2, -0.15) is 4.99 Å². The van der Waals surface area contributed by atoms with Crippen molar-refractivity contribution in [2.45, 2.75) is 58.0 Å². The largest absolute Gasteiger partial charge is 0.508 e. The molecule has 5 amide bonds. The smallest absolute Gasteiger partial charge is 0.344 e. The first-order valence-electron chi connectivity index (χ1n) is 19.6. The zero-order valence-electron chi connectivity index (χ0n) is 33.3. The number of nitrogens with two attached hydrogens (primary N) is 1. The quantitative estimate of drug-likeness (QED) is 0.0226.